The van der Waals surface area contributed by atoms with Crippen LogP contribution in [0.5, 0.6) is 5.75 Å². The van der Waals surface area contributed by atoms with Gasteiger partial charge in [0.2, 0.25) is 5.16 Å². The highest BCUT2D eigenvalue weighted by Gasteiger charge is 2.09. The molecule has 94 valence electrons. The highest BCUT2D eigenvalue weighted by Crippen LogP contribution is 2.21. The average Bonchev–Trinajstić information content (AvgIpc) is 2.85. The lowest BCUT2D eigenvalue weighted by molar-refractivity contribution is 0.475. The molecule has 0 amide bonds. The summed E-state index contributed by atoms with van der Waals surface area (Å²) in [6, 6.07) is 6.75. The van der Waals surface area contributed by atoms with E-state index in [1.54, 1.807) is 40.7 Å². The maximum Gasteiger partial charge on any atom is 0.214 e. The summed E-state index contributed by atoms with van der Waals surface area (Å²) in [6.07, 6.45) is 0.952. The van der Waals surface area contributed by atoms with Crippen LogP contribution in [0.25, 0.3) is 5.69 Å². The monoisotopic (exact) mass is 262 g/mol. The number of nitrogens with zero attached hydrogens (tertiary/aromatic N) is 4. The Bertz CT molecular complexity index is 535. The molecule has 0 bridgehead atoms. The van der Waals surface area contributed by atoms with Gasteiger partial charge in [-0.2, -0.15) is 4.68 Å². The lowest BCUT2D eigenvalue weighted by Crippen LogP contribution is -1.99. The molecule has 0 saturated heterocycles. The second kappa shape index (κ2) is 5.68. The van der Waals surface area contributed by atoms with Crippen LogP contribution in [0.1, 0.15) is 13.3 Å². The predicted octanol–water partition coefficient (Wildman–Crippen LogP) is 2.43. The van der Waals surface area contributed by atoms with Crippen LogP contribution in [-0.4, -0.2) is 31.1 Å². The Kier molecular flexibility index (Phi) is 3.99. The molecule has 0 unspecified atom stereocenters. The van der Waals surface area contributed by atoms with Crippen molar-refractivity contribution in [2.75, 3.05) is 5.75 Å². The fourth-order valence-electron chi connectivity index (χ4n) is 1.29. The van der Waals surface area contributed by atoms with E-state index in [9.17, 15) is 5.11 Å². The van der Waals surface area contributed by atoms with Crippen molar-refractivity contribution in [2.45, 2.75) is 18.5 Å². The van der Waals surface area contributed by atoms with Gasteiger partial charge in [-0.3, -0.25) is 0 Å². The number of benzene rings is 1. The number of phenols is 1. The first-order valence-corrected chi connectivity index (χ1v) is 6.56. The number of hydrogen-bond acceptors (Lipinski definition) is 5. The first-order chi connectivity index (χ1) is 8.70. The van der Waals surface area contributed by atoms with Crippen molar-refractivity contribution in [1.82, 2.24) is 20.2 Å². The van der Waals surface area contributed by atoms with Crippen LogP contribution < -0.4 is 0 Å². The van der Waals surface area contributed by atoms with Gasteiger partial charge < -0.3 is 5.11 Å². The van der Waals surface area contributed by atoms with Crippen molar-refractivity contribution in [3.8, 4) is 11.4 Å². The molecule has 0 fully saturated rings. The van der Waals surface area contributed by atoms with E-state index in [1.807, 2.05) is 0 Å². The third-order valence-corrected chi connectivity index (χ3v) is 3.51. The zero-order valence-electron chi connectivity index (χ0n) is 10.1. The molecule has 0 spiro atoms. The van der Waals surface area contributed by atoms with Crippen LogP contribution in [-0.2, 0) is 0 Å². The zero-order chi connectivity index (χ0) is 13.0. The minimum Gasteiger partial charge on any atom is -0.508 e. The lowest BCUT2D eigenvalue weighted by Gasteiger charge is -2.04. The van der Waals surface area contributed by atoms with Gasteiger partial charge in [-0.15, -0.1) is 5.10 Å². The van der Waals surface area contributed by atoms with Gasteiger partial charge >= 0.3 is 0 Å². The molecule has 0 aliphatic rings. The van der Waals surface area contributed by atoms with Crippen LogP contribution >= 0.6 is 11.8 Å². The lowest BCUT2D eigenvalue weighted by atomic mass is 10.3. The van der Waals surface area contributed by atoms with Crippen molar-refractivity contribution >= 4 is 11.8 Å². The van der Waals surface area contributed by atoms with Gasteiger partial charge in [-0.05, 0) is 41.1 Å². The van der Waals surface area contributed by atoms with E-state index in [2.05, 4.69) is 29.0 Å². The molecule has 1 heterocycles. The van der Waals surface area contributed by atoms with Crippen LogP contribution in [0.3, 0.4) is 0 Å². The standard InChI is InChI=1S/C12H14N4OS/c1-3-9(2)8-18-12-13-14-15-16(12)10-4-6-11(17)7-5-10/h4-7,17H,2-3,8H2,1H3. The van der Waals surface area contributed by atoms with E-state index in [-0.39, 0.29) is 5.75 Å². The molecule has 5 nitrogen and oxygen atoms in total. The summed E-state index contributed by atoms with van der Waals surface area (Å²) >= 11 is 1.55. The van der Waals surface area contributed by atoms with E-state index >= 15 is 0 Å². The molecule has 6 heteroatoms. The Hall–Kier alpha value is -1.82. The summed E-state index contributed by atoms with van der Waals surface area (Å²) in [5.41, 5.74) is 1.97. The van der Waals surface area contributed by atoms with Gasteiger partial charge in [0, 0.05) is 5.75 Å². The van der Waals surface area contributed by atoms with Crippen LogP contribution in [0.2, 0.25) is 0 Å². The van der Waals surface area contributed by atoms with Crippen LogP contribution in [0, 0.1) is 0 Å². The minimum absolute atomic E-state index is 0.223. The number of phenolic OH excluding ortho intramolecular Hbond substituents is 1. The number of tetrazole rings is 1. The van der Waals surface area contributed by atoms with Crippen molar-refractivity contribution in [3.63, 3.8) is 0 Å². The number of rotatable bonds is 5. The Morgan fingerprint density at radius 1 is 1.39 bits per heavy atom. The smallest absolute Gasteiger partial charge is 0.214 e. The summed E-state index contributed by atoms with van der Waals surface area (Å²) in [5, 5.41) is 21.6. The second-order valence-corrected chi connectivity index (χ2v) is 4.72. The van der Waals surface area contributed by atoms with Crippen LogP contribution in [0.4, 0.5) is 0 Å². The fourth-order valence-corrected chi connectivity index (χ4v) is 2.19. The molecular weight excluding hydrogens is 248 g/mol. The van der Waals surface area contributed by atoms with Gasteiger partial charge in [-0.25, -0.2) is 0 Å². The molecule has 2 rings (SSSR count). The fraction of sp³-hybridized carbons (Fsp3) is 0.250. The molecule has 0 saturated carbocycles. The third-order valence-electron chi connectivity index (χ3n) is 2.44. The molecule has 0 atom stereocenters. The van der Waals surface area contributed by atoms with Crippen molar-refractivity contribution < 1.29 is 5.11 Å². The number of aromatic nitrogens is 4. The van der Waals surface area contributed by atoms with Gasteiger partial charge in [0.1, 0.15) is 5.75 Å². The van der Waals surface area contributed by atoms with Crippen molar-refractivity contribution in [1.29, 1.82) is 0 Å². The molecule has 1 N–H and O–H groups in total. The van der Waals surface area contributed by atoms with E-state index in [0.717, 1.165) is 28.6 Å². The van der Waals surface area contributed by atoms with E-state index in [4.69, 9.17) is 0 Å². The Morgan fingerprint density at radius 2 is 2.11 bits per heavy atom. The van der Waals surface area contributed by atoms with E-state index in [0.29, 0.717) is 0 Å². The van der Waals surface area contributed by atoms with Crippen molar-refractivity contribution in [3.05, 3.63) is 36.4 Å². The Labute approximate surface area is 110 Å². The average molecular weight is 262 g/mol. The van der Waals surface area contributed by atoms with Gasteiger partial charge in [-0.1, -0.05) is 30.8 Å². The number of aromatic hydroxyl groups is 1. The highest BCUT2D eigenvalue weighted by atomic mass is 32.2. The molecule has 0 aliphatic heterocycles. The SMILES string of the molecule is C=C(CC)CSc1nnnn1-c1ccc(O)cc1. The number of thioether (sulfide) groups is 1. The molecule has 18 heavy (non-hydrogen) atoms. The quantitative estimate of drug-likeness (QED) is 0.662. The topological polar surface area (TPSA) is 63.8 Å². The maximum atomic E-state index is 9.25. The third kappa shape index (κ3) is 2.89. The summed E-state index contributed by atoms with van der Waals surface area (Å²) < 4.78 is 1.65. The van der Waals surface area contributed by atoms with E-state index < -0.39 is 0 Å². The highest BCUT2D eigenvalue weighted by molar-refractivity contribution is 7.99. The summed E-state index contributed by atoms with van der Waals surface area (Å²) in [7, 11) is 0. The number of hydrogen-bond donors (Lipinski definition) is 1. The van der Waals surface area contributed by atoms with Crippen molar-refractivity contribution in [2.24, 2.45) is 0 Å². The predicted molar refractivity (Wildman–Crippen MR) is 71.0 cm³/mol. The molecule has 1 aromatic carbocycles. The normalized spacial score (nSPS) is 10.5. The molecule has 0 radical (unpaired) electrons. The zero-order valence-corrected chi connectivity index (χ0v) is 10.9. The summed E-state index contributed by atoms with van der Waals surface area (Å²) in [4.78, 5) is 0. The van der Waals surface area contributed by atoms with Gasteiger partial charge in [0.15, 0.2) is 0 Å². The molecule has 0 aliphatic carbocycles. The summed E-state index contributed by atoms with van der Waals surface area (Å²) in [5.74, 6) is 1.02. The Morgan fingerprint density at radius 3 is 2.78 bits per heavy atom. The first kappa shape index (κ1) is 12.6. The largest absolute Gasteiger partial charge is 0.508 e. The maximum absolute atomic E-state index is 9.25. The minimum atomic E-state index is 0.223. The molecular formula is C12H14N4OS. The van der Waals surface area contributed by atoms with Gasteiger partial charge in [0.25, 0.3) is 0 Å². The molecule has 1 aromatic heterocycles. The second-order valence-electron chi connectivity index (χ2n) is 3.78. The summed E-state index contributed by atoms with van der Waals surface area (Å²) in [6.45, 7) is 6.03. The first-order valence-electron chi connectivity index (χ1n) is 5.58. The van der Waals surface area contributed by atoms with Gasteiger partial charge in [0.05, 0.1) is 5.69 Å². The van der Waals surface area contributed by atoms with Crippen LogP contribution in [0.15, 0.2) is 41.6 Å². The Balaban J connectivity index is 2.17. The molecule has 2 aromatic rings. The van der Waals surface area contributed by atoms with E-state index in [1.165, 1.54) is 0 Å².